The minimum atomic E-state index is -0.817. The van der Waals surface area contributed by atoms with Gasteiger partial charge in [-0.3, -0.25) is 9.59 Å². The molecule has 0 aliphatic heterocycles. The number of aliphatic carboxylic acids is 1. The molecule has 1 aromatic carbocycles. The van der Waals surface area contributed by atoms with Gasteiger partial charge in [0.2, 0.25) is 0 Å². The molecule has 2 rings (SSSR count). The molecule has 4 nitrogen and oxygen atoms in total. The van der Waals surface area contributed by atoms with Crippen LogP contribution < -0.4 is 5.32 Å². The molecule has 0 bridgehead atoms. The zero-order chi connectivity index (χ0) is 14.0. The van der Waals surface area contributed by atoms with E-state index in [1.54, 1.807) is 11.8 Å². The summed E-state index contributed by atoms with van der Waals surface area (Å²) in [5, 5.41) is 11.8. The van der Waals surface area contributed by atoms with Crippen molar-refractivity contribution in [2.45, 2.75) is 24.7 Å². The van der Waals surface area contributed by atoms with Gasteiger partial charge in [0.1, 0.15) is 0 Å². The predicted octanol–water partition coefficient (Wildman–Crippen LogP) is 2.31. The molecular formula is C14H17NO3S. The zero-order valence-corrected chi connectivity index (χ0v) is 11.8. The fourth-order valence-corrected chi connectivity index (χ4v) is 2.37. The Morgan fingerprint density at radius 2 is 2.11 bits per heavy atom. The highest BCUT2D eigenvalue weighted by Gasteiger charge is 2.50. The van der Waals surface area contributed by atoms with Gasteiger partial charge < -0.3 is 10.4 Å². The van der Waals surface area contributed by atoms with Gasteiger partial charge in [0, 0.05) is 17.0 Å². The van der Waals surface area contributed by atoms with Gasteiger partial charge in [-0.25, -0.2) is 0 Å². The second-order valence-electron chi connectivity index (χ2n) is 4.95. The number of carboxylic acids is 1. The molecule has 2 N–H and O–H groups in total. The Labute approximate surface area is 116 Å². The molecule has 1 saturated carbocycles. The van der Waals surface area contributed by atoms with E-state index in [4.69, 9.17) is 5.11 Å². The maximum atomic E-state index is 12.1. The first-order valence-electron chi connectivity index (χ1n) is 6.15. The first-order valence-corrected chi connectivity index (χ1v) is 7.37. The number of aryl methyl sites for hydroxylation is 1. The third kappa shape index (κ3) is 2.92. The largest absolute Gasteiger partial charge is 0.481 e. The third-order valence-electron chi connectivity index (χ3n) is 3.58. The van der Waals surface area contributed by atoms with E-state index in [1.165, 1.54) is 0 Å². The smallest absolute Gasteiger partial charge is 0.311 e. The highest BCUT2D eigenvalue weighted by molar-refractivity contribution is 7.98. The molecule has 0 spiro atoms. The molecule has 0 aromatic heterocycles. The molecule has 0 atom stereocenters. The second-order valence-corrected chi connectivity index (χ2v) is 5.83. The number of carboxylic acid groups (broad SMARTS) is 1. The lowest BCUT2D eigenvalue weighted by atomic mass is 10.1. The van der Waals surface area contributed by atoms with Crippen molar-refractivity contribution in [1.29, 1.82) is 0 Å². The Morgan fingerprint density at radius 1 is 1.42 bits per heavy atom. The Kier molecular flexibility index (Phi) is 3.85. The molecule has 1 aliphatic rings. The van der Waals surface area contributed by atoms with Crippen molar-refractivity contribution >= 4 is 23.6 Å². The van der Waals surface area contributed by atoms with Crippen LogP contribution in [0.3, 0.4) is 0 Å². The van der Waals surface area contributed by atoms with Crippen molar-refractivity contribution in [1.82, 2.24) is 5.32 Å². The van der Waals surface area contributed by atoms with Gasteiger partial charge in [-0.15, -0.1) is 11.8 Å². The number of nitrogens with one attached hydrogen (secondary N) is 1. The van der Waals surface area contributed by atoms with Crippen LogP contribution in [-0.4, -0.2) is 29.8 Å². The van der Waals surface area contributed by atoms with E-state index in [9.17, 15) is 9.59 Å². The normalized spacial score (nSPS) is 15.9. The molecule has 1 aromatic rings. The highest BCUT2D eigenvalue weighted by atomic mass is 32.2. The number of amides is 1. The van der Waals surface area contributed by atoms with E-state index in [-0.39, 0.29) is 12.5 Å². The molecule has 0 saturated heterocycles. The Bertz CT molecular complexity index is 523. The van der Waals surface area contributed by atoms with E-state index >= 15 is 0 Å². The van der Waals surface area contributed by atoms with Crippen molar-refractivity contribution in [3.8, 4) is 0 Å². The van der Waals surface area contributed by atoms with E-state index in [0.29, 0.717) is 18.4 Å². The maximum Gasteiger partial charge on any atom is 0.311 e. The third-order valence-corrected chi connectivity index (χ3v) is 4.31. The molecule has 19 heavy (non-hydrogen) atoms. The van der Waals surface area contributed by atoms with Gasteiger partial charge in [-0.2, -0.15) is 0 Å². The van der Waals surface area contributed by atoms with Crippen LogP contribution in [0.25, 0.3) is 0 Å². The SMILES string of the molecule is CSc1ccc(C)c(C(=O)NCC2(C(=O)O)CC2)c1. The summed E-state index contributed by atoms with van der Waals surface area (Å²) in [5.74, 6) is -1.01. The average Bonchev–Trinajstić information content (AvgIpc) is 3.18. The van der Waals surface area contributed by atoms with Crippen LogP contribution in [0.1, 0.15) is 28.8 Å². The topological polar surface area (TPSA) is 66.4 Å². The lowest BCUT2D eigenvalue weighted by Gasteiger charge is -2.12. The molecule has 102 valence electrons. The number of hydrogen-bond acceptors (Lipinski definition) is 3. The molecule has 0 heterocycles. The minimum Gasteiger partial charge on any atom is -0.481 e. The highest BCUT2D eigenvalue weighted by Crippen LogP contribution is 2.45. The Morgan fingerprint density at radius 3 is 2.63 bits per heavy atom. The fraction of sp³-hybridized carbons (Fsp3) is 0.429. The van der Waals surface area contributed by atoms with Crippen LogP contribution in [-0.2, 0) is 4.79 Å². The van der Waals surface area contributed by atoms with E-state index in [2.05, 4.69) is 5.32 Å². The van der Waals surface area contributed by atoms with E-state index in [0.717, 1.165) is 10.5 Å². The second kappa shape index (κ2) is 5.25. The van der Waals surface area contributed by atoms with E-state index in [1.807, 2.05) is 31.4 Å². The molecule has 1 amide bonds. The van der Waals surface area contributed by atoms with E-state index < -0.39 is 11.4 Å². The van der Waals surface area contributed by atoms with Gasteiger partial charge in [0.15, 0.2) is 0 Å². The monoisotopic (exact) mass is 279 g/mol. The molecule has 0 unspecified atom stereocenters. The van der Waals surface area contributed by atoms with Crippen LogP contribution in [0.15, 0.2) is 23.1 Å². The summed E-state index contributed by atoms with van der Waals surface area (Å²) in [5.41, 5.74) is 0.796. The quantitative estimate of drug-likeness (QED) is 0.812. The summed E-state index contributed by atoms with van der Waals surface area (Å²) in [4.78, 5) is 24.2. The zero-order valence-electron chi connectivity index (χ0n) is 11.0. The van der Waals surface area contributed by atoms with Gasteiger partial charge in [-0.1, -0.05) is 6.07 Å². The molecule has 5 heteroatoms. The predicted molar refractivity (Wildman–Crippen MR) is 74.6 cm³/mol. The van der Waals surface area contributed by atoms with Crippen molar-refractivity contribution in [3.63, 3.8) is 0 Å². The van der Waals surface area contributed by atoms with Crippen LogP contribution in [0.2, 0.25) is 0 Å². The molecular weight excluding hydrogens is 262 g/mol. The fourth-order valence-electron chi connectivity index (χ4n) is 1.93. The summed E-state index contributed by atoms with van der Waals surface area (Å²) in [6.07, 6.45) is 3.24. The number of thioether (sulfide) groups is 1. The van der Waals surface area contributed by atoms with Gasteiger partial charge in [-0.05, 0) is 43.7 Å². The van der Waals surface area contributed by atoms with Crippen molar-refractivity contribution in [2.75, 3.05) is 12.8 Å². The minimum absolute atomic E-state index is 0.194. The molecule has 1 aliphatic carbocycles. The maximum absolute atomic E-state index is 12.1. The summed E-state index contributed by atoms with van der Waals surface area (Å²) in [6, 6.07) is 5.72. The van der Waals surface area contributed by atoms with Crippen LogP contribution >= 0.6 is 11.8 Å². The van der Waals surface area contributed by atoms with Gasteiger partial charge >= 0.3 is 5.97 Å². The first-order chi connectivity index (χ1) is 8.98. The van der Waals surface area contributed by atoms with Crippen LogP contribution in [0.5, 0.6) is 0 Å². The first kappa shape index (κ1) is 13.9. The number of benzene rings is 1. The van der Waals surface area contributed by atoms with Crippen LogP contribution in [0, 0.1) is 12.3 Å². The van der Waals surface area contributed by atoms with Crippen molar-refractivity contribution in [2.24, 2.45) is 5.41 Å². The summed E-state index contributed by atoms with van der Waals surface area (Å²) >= 11 is 1.58. The molecule has 1 fully saturated rings. The lowest BCUT2D eigenvalue weighted by molar-refractivity contribution is -0.143. The Hall–Kier alpha value is -1.49. The summed E-state index contributed by atoms with van der Waals surface area (Å²) < 4.78 is 0. The van der Waals surface area contributed by atoms with Gasteiger partial charge in [0.05, 0.1) is 5.41 Å². The summed E-state index contributed by atoms with van der Waals surface area (Å²) in [7, 11) is 0. The summed E-state index contributed by atoms with van der Waals surface area (Å²) in [6.45, 7) is 2.09. The number of carbonyl (C=O) groups is 2. The Balaban J connectivity index is 2.06. The number of rotatable bonds is 5. The number of hydrogen-bond donors (Lipinski definition) is 2. The van der Waals surface area contributed by atoms with Crippen LogP contribution in [0.4, 0.5) is 0 Å². The average molecular weight is 279 g/mol. The van der Waals surface area contributed by atoms with Crippen molar-refractivity contribution < 1.29 is 14.7 Å². The van der Waals surface area contributed by atoms with Gasteiger partial charge in [0.25, 0.3) is 5.91 Å². The standard InChI is InChI=1S/C14H17NO3S/c1-9-3-4-10(19-2)7-11(9)12(16)15-8-14(5-6-14)13(17)18/h3-4,7H,5-6,8H2,1-2H3,(H,15,16)(H,17,18). The lowest BCUT2D eigenvalue weighted by Crippen LogP contribution is -2.34. The number of carbonyl (C=O) groups excluding carboxylic acids is 1. The van der Waals surface area contributed by atoms with Crippen molar-refractivity contribution in [3.05, 3.63) is 29.3 Å². The molecule has 0 radical (unpaired) electrons.